The summed E-state index contributed by atoms with van der Waals surface area (Å²) in [6, 6.07) is 4.00. The highest BCUT2D eigenvalue weighted by atomic mass is 35.5. The predicted octanol–water partition coefficient (Wildman–Crippen LogP) is 2.53. The molecule has 0 saturated heterocycles. The molecule has 1 fully saturated rings. The molecule has 14 heavy (non-hydrogen) atoms. The summed E-state index contributed by atoms with van der Waals surface area (Å²) in [7, 11) is 0. The molecule has 0 spiro atoms. The van der Waals surface area contributed by atoms with E-state index in [1.165, 1.54) is 12.8 Å². The molecular weight excluding hydrogens is 198 g/mol. The standard InChI is InChI=1S/C10H14ClN3/c1-6-2-8(3-6)13-10-5-7(12)4-9(11)14-10/h4-6,8H,2-3H2,1H3,(H3,12,13,14). The molecule has 0 atom stereocenters. The Labute approximate surface area is 88.7 Å². The molecule has 3 nitrogen and oxygen atoms in total. The van der Waals surface area contributed by atoms with Crippen molar-refractivity contribution in [2.75, 3.05) is 11.1 Å². The van der Waals surface area contributed by atoms with E-state index in [0.29, 0.717) is 16.9 Å². The van der Waals surface area contributed by atoms with Crippen LogP contribution in [0.4, 0.5) is 11.5 Å². The first-order valence-electron chi connectivity index (χ1n) is 4.83. The summed E-state index contributed by atoms with van der Waals surface area (Å²) in [6.07, 6.45) is 2.40. The minimum absolute atomic E-state index is 0.444. The van der Waals surface area contributed by atoms with Crippen LogP contribution in [0.5, 0.6) is 0 Å². The first-order chi connectivity index (χ1) is 6.63. The van der Waals surface area contributed by atoms with Crippen LogP contribution in [0.3, 0.4) is 0 Å². The van der Waals surface area contributed by atoms with Crippen LogP contribution in [-0.2, 0) is 0 Å². The molecule has 1 saturated carbocycles. The van der Waals surface area contributed by atoms with Gasteiger partial charge in [-0.1, -0.05) is 18.5 Å². The second kappa shape index (κ2) is 3.65. The van der Waals surface area contributed by atoms with E-state index < -0.39 is 0 Å². The molecule has 1 aliphatic carbocycles. The number of hydrogen-bond acceptors (Lipinski definition) is 3. The molecule has 2 rings (SSSR count). The van der Waals surface area contributed by atoms with Gasteiger partial charge in [-0.3, -0.25) is 0 Å². The number of anilines is 2. The van der Waals surface area contributed by atoms with Gasteiger partial charge in [-0.15, -0.1) is 0 Å². The fourth-order valence-electron chi connectivity index (χ4n) is 1.82. The SMILES string of the molecule is CC1CC(Nc2cc(N)cc(Cl)n2)C1. The Morgan fingerprint density at radius 2 is 2.21 bits per heavy atom. The van der Waals surface area contributed by atoms with Gasteiger partial charge in [0.25, 0.3) is 0 Å². The maximum atomic E-state index is 5.79. The minimum atomic E-state index is 0.444. The van der Waals surface area contributed by atoms with E-state index in [1.807, 2.05) is 6.07 Å². The maximum absolute atomic E-state index is 5.79. The Morgan fingerprint density at radius 1 is 1.50 bits per heavy atom. The van der Waals surface area contributed by atoms with E-state index in [2.05, 4.69) is 17.2 Å². The van der Waals surface area contributed by atoms with Crippen molar-refractivity contribution >= 4 is 23.1 Å². The zero-order valence-corrected chi connectivity index (χ0v) is 8.88. The third-order valence-corrected chi connectivity index (χ3v) is 2.74. The van der Waals surface area contributed by atoms with Crippen LogP contribution in [0.2, 0.25) is 5.15 Å². The highest BCUT2D eigenvalue weighted by Crippen LogP contribution is 2.29. The van der Waals surface area contributed by atoms with E-state index in [0.717, 1.165) is 11.7 Å². The van der Waals surface area contributed by atoms with Gasteiger partial charge in [0, 0.05) is 17.8 Å². The van der Waals surface area contributed by atoms with Gasteiger partial charge in [-0.2, -0.15) is 0 Å². The molecule has 0 aliphatic heterocycles. The molecule has 0 radical (unpaired) electrons. The number of hydrogen-bond donors (Lipinski definition) is 2. The van der Waals surface area contributed by atoms with Gasteiger partial charge in [0.15, 0.2) is 0 Å². The molecule has 1 aromatic heterocycles. The van der Waals surface area contributed by atoms with Crippen molar-refractivity contribution in [1.82, 2.24) is 4.98 Å². The van der Waals surface area contributed by atoms with E-state index in [1.54, 1.807) is 6.07 Å². The Morgan fingerprint density at radius 3 is 2.79 bits per heavy atom. The van der Waals surface area contributed by atoms with Crippen molar-refractivity contribution in [3.63, 3.8) is 0 Å². The van der Waals surface area contributed by atoms with Gasteiger partial charge in [0.2, 0.25) is 0 Å². The molecule has 1 aliphatic rings. The number of nitrogens with one attached hydrogen (secondary N) is 1. The van der Waals surface area contributed by atoms with Crippen molar-refractivity contribution in [2.24, 2.45) is 5.92 Å². The molecule has 76 valence electrons. The summed E-state index contributed by atoms with van der Waals surface area (Å²) in [6.45, 7) is 2.25. The monoisotopic (exact) mass is 211 g/mol. The van der Waals surface area contributed by atoms with Crippen molar-refractivity contribution < 1.29 is 0 Å². The Balaban J connectivity index is 2.02. The summed E-state index contributed by atoms with van der Waals surface area (Å²) in [5.41, 5.74) is 6.31. The summed E-state index contributed by atoms with van der Waals surface area (Å²) in [5.74, 6) is 1.61. The summed E-state index contributed by atoms with van der Waals surface area (Å²) in [4.78, 5) is 4.16. The predicted molar refractivity (Wildman–Crippen MR) is 59.5 cm³/mol. The third-order valence-electron chi connectivity index (χ3n) is 2.54. The molecule has 0 amide bonds. The second-order valence-corrected chi connectivity index (χ2v) is 4.41. The number of aromatic nitrogens is 1. The largest absolute Gasteiger partial charge is 0.399 e. The van der Waals surface area contributed by atoms with Crippen molar-refractivity contribution in [1.29, 1.82) is 0 Å². The molecule has 0 unspecified atom stereocenters. The average molecular weight is 212 g/mol. The van der Waals surface area contributed by atoms with Crippen LogP contribution in [-0.4, -0.2) is 11.0 Å². The summed E-state index contributed by atoms with van der Waals surface area (Å²) in [5, 5.41) is 3.76. The van der Waals surface area contributed by atoms with Crippen LogP contribution >= 0.6 is 11.6 Å². The Bertz CT molecular complexity index is 314. The average Bonchev–Trinajstić information content (AvgIpc) is 1.99. The zero-order valence-electron chi connectivity index (χ0n) is 8.13. The molecule has 0 bridgehead atoms. The Hall–Kier alpha value is -0.960. The molecular formula is C10H14ClN3. The lowest BCUT2D eigenvalue weighted by Crippen LogP contribution is -2.34. The zero-order chi connectivity index (χ0) is 10.1. The number of nitrogens with two attached hydrogens (primary N) is 1. The van der Waals surface area contributed by atoms with E-state index in [-0.39, 0.29) is 0 Å². The summed E-state index contributed by atoms with van der Waals surface area (Å²) < 4.78 is 0. The number of halogens is 1. The maximum Gasteiger partial charge on any atom is 0.133 e. The third kappa shape index (κ3) is 2.10. The van der Waals surface area contributed by atoms with E-state index in [9.17, 15) is 0 Å². The van der Waals surface area contributed by atoms with Gasteiger partial charge in [-0.05, 0) is 24.8 Å². The lowest BCUT2D eigenvalue weighted by Gasteiger charge is -2.33. The molecule has 3 N–H and O–H groups in total. The smallest absolute Gasteiger partial charge is 0.133 e. The number of pyridine rings is 1. The fourth-order valence-corrected chi connectivity index (χ4v) is 2.04. The summed E-state index contributed by atoms with van der Waals surface area (Å²) >= 11 is 5.79. The lowest BCUT2D eigenvalue weighted by molar-refractivity contribution is 0.308. The number of nitrogen functional groups attached to an aromatic ring is 1. The van der Waals surface area contributed by atoms with Crippen molar-refractivity contribution in [2.45, 2.75) is 25.8 Å². The molecule has 0 aromatic carbocycles. The van der Waals surface area contributed by atoms with Crippen molar-refractivity contribution in [3.8, 4) is 0 Å². The van der Waals surface area contributed by atoms with E-state index in [4.69, 9.17) is 17.3 Å². The number of nitrogens with zero attached hydrogens (tertiary/aromatic N) is 1. The highest BCUT2D eigenvalue weighted by molar-refractivity contribution is 6.29. The first-order valence-corrected chi connectivity index (χ1v) is 5.21. The van der Waals surface area contributed by atoms with Crippen molar-refractivity contribution in [3.05, 3.63) is 17.3 Å². The molecule has 4 heteroatoms. The van der Waals surface area contributed by atoms with Gasteiger partial charge in [0.05, 0.1) is 0 Å². The van der Waals surface area contributed by atoms with Gasteiger partial charge in [-0.25, -0.2) is 4.98 Å². The van der Waals surface area contributed by atoms with Crippen LogP contribution < -0.4 is 11.1 Å². The van der Waals surface area contributed by atoms with Crippen LogP contribution in [0.25, 0.3) is 0 Å². The minimum Gasteiger partial charge on any atom is -0.399 e. The van der Waals surface area contributed by atoms with Crippen LogP contribution in [0, 0.1) is 5.92 Å². The second-order valence-electron chi connectivity index (χ2n) is 4.03. The van der Waals surface area contributed by atoms with Gasteiger partial charge >= 0.3 is 0 Å². The van der Waals surface area contributed by atoms with Crippen LogP contribution in [0.1, 0.15) is 19.8 Å². The van der Waals surface area contributed by atoms with Gasteiger partial charge < -0.3 is 11.1 Å². The van der Waals surface area contributed by atoms with E-state index >= 15 is 0 Å². The fraction of sp³-hybridized carbons (Fsp3) is 0.500. The topological polar surface area (TPSA) is 50.9 Å². The van der Waals surface area contributed by atoms with Crippen LogP contribution in [0.15, 0.2) is 12.1 Å². The Kier molecular flexibility index (Phi) is 2.50. The first kappa shape index (κ1) is 9.59. The molecule has 1 heterocycles. The number of rotatable bonds is 2. The molecule has 1 aromatic rings. The quantitative estimate of drug-likeness (QED) is 0.740. The van der Waals surface area contributed by atoms with Gasteiger partial charge in [0.1, 0.15) is 11.0 Å². The lowest BCUT2D eigenvalue weighted by atomic mass is 9.82. The normalized spacial score (nSPS) is 25.6. The highest BCUT2D eigenvalue weighted by Gasteiger charge is 2.25.